The van der Waals surface area contributed by atoms with E-state index in [4.69, 9.17) is 5.73 Å². The summed E-state index contributed by atoms with van der Waals surface area (Å²) < 4.78 is 0. The fraction of sp³-hybridized carbons (Fsp3) is 0.727. The van der Waals surface area contributed by atoms with Crippen molar-refractivity contribution in [3.63, 3.8) is 0 Å². The molecule has 26 heavy (non-hydrogen) atoms. The second-order valence-electron chi connectivity index (χ2n) is 7.55. The molecule has 0 unspecified atom stereocenters. The quantitative estimate of drug-likeness (QED) is 0.334. The molecular weight excluding hydrogens is 320 g/mol. The molecule has 0 aliphatic rings. The smallest absolute Gasteiger partial charge is 0.118 e. The Labute approximate surface area is 159 Å². The van der Waals surface area contributed by atoms with Gasteiger partial charge in [-0.1, -0.05) is 72.1 Å². The summed E-state index contributed by atoms with van der Waals surface area (Å²) in [5.41, 5.74) is 13.6. The highest BCUT2D eigenvalue weighted by Gasteiger charge is 2.19. The molecule has 3 N–H and O–H groups in total. The van der Waals surface area contributed by atoms with Gasteiger partial charge in [-0.25, -0.2) is 0 Å². The molecule has 0 radical (unpaired) electrons. The zero-order valence-corrected chi connectivity index (χ0v) is 17.2. The van der Waals surface area contributed by atoms with Gasteiger partial charge in [-0.15, -0.1) is 0 Å². The van der Waals surface area contributed by atoms with E-state index in [0.717, 1.165) is 36.0 Å². The zero-order chi connectivity index (χ0) is 18.8. The first-order valence-electron chi connectivity index (χ1n) is 10.9. The van der Waals surface area contributed by atoms with E-state index < -0.39 is 0 Å². The van der Waals surface area contributed by atoms with Crippen molar-refractivity contribution in [3.8, 4) is 0 Å². The summed E-state index contributed by atoms with van der Waals surface area (Å²) in [6, 6.07) is 0. The van der Waals surface area contributed by atoms with E-state index in [1.165, 1.54) is 80.9 Å². The molecule has 0 aliphatic carbocycles. The molecule has 0 aliphatic heterocycles. The third-order valence-electron chi connectivity index (χ3n) is 5.55. The maximum Gasteiger partial charge on any atom is 0.118 e. The molecule has 2 aromatic rings. The van der Waals surface area contributed by atoms with Crippen LogP contribution in [0.5, 0.6) is 0 Å². The molecule has 0 atom stereocenters. The second kappa shape index (κ2) is 11.2. The number of nitrogens with two attached hydrogens (primary N) is 1. The van der Waals surface area contributed by atoms with Crippen LogP contribution in [0.1, 0.15) is 102 Å². The number of anilines is 1. The highest BCUT2D eigenvalue weighted by molar-refractivity contribution is 5.88. The summed E-state index contributed by atoms with van der Waals surface area (Å²) in [7, 11) is 0. The van der Waals surface area contributed by atoms with Gasteiger partial charge in [0.05, 0.1) is 0 Å². The molecule has 4 nitrogen and oxygen atoms in total. The van der Waals surface area contributed by atoms with Crippen LogP contribution in [0.15, 0.2) is 0 Å². The number of hydrogen-bond donors (Lipinski definition) is 2. The summed E-state index contributed by atoms with van der Waals surface area (Å²) >= 11 is 0. The Balaban J connectivity index is 2.20. The van der Waals surface area contributed by atoms with Crippen molar-refractivity contribution in [2.75, 3.05) is 5.73 Å². The Morgan fingerprint density at radius 3 is 1.69 bits per heavy atom. The first-order chi connectivity index (χ1) is 12.7. The second-order valence-corrected chi connectivity index (χ2v) is 7.55. The zero-order valence-electron chi connectivity index (χ0n) is 17.2. The van der Waals surface area contributed by atoms with E-state index in [-0.39, 0.29) is 0 Å². The average Bonchev–Trinajstić information content (AvgIpc) is 3.12. The van der Waals surface area contributed by atoms with Crippen molar-refractivity contribution in [2.45, 2.75) is 104 Å². The largest absolute Gasteiger partial charge is 0.398 e. The molecule has 146 valence electrons. The number of aromatic amines is 1. The van der Waals surface area contributed by atoms with Crippen molar-refractivity contribution in [1.29, 1.82) is 0 Å². The van der Waals surface area contributed by atoms with Gasteiger partial charge < -0.3 is 5.73 Å². The number of nitrogen functional groups attached to an aromatic ring is 1. The number of hydrogen-bond acceptors (Lipinski definition) is 3. The van der Waals surface area contributed by atoms with Crippen LogP contribution < -0.4 is 5.73 Å². The van der Waals surface area contributed by atoms with Crippen LogP contribution >= 0.6 is 0 Å². The molecule has 4 heteroatoms. The Bertz CT molecular complexity index is 660. The number of unbranched alkanes of at least 4 members (excludes halogenated alkanes) is 8. The van der Waals surface area contributed by atoms with Crippen molar-refractivity contribution in [3.05, 3.63) is 16.7 Å². The lowest BCUT2D eigenvalue weighted by Gasteiger charge is -2.17. The minimum Gasteiger partial charge on any atom is -0.398 e. The summed E-state index contributed by atoms with van der Waals surface area (Å²) in [5.74, 6) is 0. The van der Waals surface area contributed by atoms with Crippen LogP contribution in [-0.4, -0.2) is 15.4 Å². The maximum absolute atomic E-state index is 6.63. The molecule has 0 saturated carbocycles. The lowest BCUT2D eigenvalue weighted by molar-refractivity contribution is 0.622. The average molecular weight is 359 g/mol. The van der Waals surface area contributed by atoms with Crippen LogP contribution in [0.25, 0.3) is 11.0 Å². The summed E-state index contributed by atoms with van der Waals surface area (Å²) in [4.78, 5) is 0. The molecule has 0 spiro atoms. The minimum atomic E-state index is 0.911. The van der Waals surface area contributed by atoms with Gasteiger partial charge in [0.1, 0.15) is 11.0 Å². The number of aryl methyl sites for hydroxylation is 2. The van der Waals surface area contributed by atoms with Crippen LogP contribution in [0, 0.1) is 0 Å². The summed E-state index contributed by atoms with van der Waals surface area (Å²) in [6.07, 6.45) is 16.0. The summed E-state index contributed by atoms with van der Waals surface area (Å²) in [6.45, 7) is 6.69. The molecule has 1 aromatic heterocycles. The predicted octanol–water partition coefficient (Wildman–Crippen LogP) is 6.13. The summed E-state index contributed by atoms with van der Waals surface area (Å²) in [5, 5.41) is 11.8. The van der Waals surface area contributed by atoms with Gasteiger partial charge in [0.15, 0.2) is 0 Å². The van der Waals surface area contributed by atoms with Crippen molar-refractivity contribution >= 4 is 16.7 Å². The van der Waals surface area contributed by atoms with Crippen LogP contribution in [0.4, 0.5) is 5.69 Å². The molecule has 2 rings (SSSR count). The lowest BCUT2D eigenvalue weighted by Crippen LogP contribution is -2.07. The topological polar surface area (TPSA) is 67.6 Å². The first kappa shape index (κ1) is 20.7. The normalized spacial score (nSPS) is 11.5. The fourth-order valence-electron chi connectivity index (χ4n) is 3.99. The van der Waals surface area contributed by atoms with E-state index in [1.807, 2.05) is 0 Å². The van der Waals surface area contributed by atoms with Crippen LogP contribution in [0.2, 0.25) is 0 Å². The number of rotatable bonds is 13. The number of fused-ring (bicyclic) bond motifs is 1. The van der Waals surface area contributed by atoms with Crippen molar-refractivity contribution in [2.24, 2.45) is 0 Å². The number of nitrogens with zero attached hydrogens (tertiary/aromatic N) is 2. The van der Waals surface area contributed by atoms with Gasteiger partial charge in [-0.05, 0) is 43.2 Å². The van der Waals surface area contributed by atoms with Gasteiger partial charge in [0.25, 0.3) is 0 Å². The van der Waals surface area contributed by atoms with Gasteiger partial charge in [-0.3, -0.25) is 0 Å². The predicted molar refractivity (Wildman–Crippen MR) is 113 cm³/mol. The first-order valence-corrected chi connectivity index (χ1v) is 10.9. The number of H-pyrrole nitrogens is 1. The van der Waals surface area contributed by atoms with E-state index in [1.54, 1.807) is 0 Å². The Kier molecular flexibility index (Phi) is 8.93. The van der Waals surface area contributed by atoms with E-state index in [0.29, 0.717) is 0 Å². The van der Waals surface area contributed by atoms with Crippen LogP contribution in [-0.2, 0) is 19.3 Å². The van der Waals surface area contributed by atoms with Crippen molar-refractivity contribution < 1.29 is 0 Å². The van der Waals surface area contributed by atoms with Gasteiger partial charge >= 0.3 is 0 Å². The van der Waals surface area contributed by atoms with Crippen molar-refractivity contribution in [1.82, 2.24) is 15.4 Å². The number of aromatic nitrogens is 3. The Hall–Kier alpha value is -1.58. The van der Waals surface area contributed by atoms with E-state index >= 15 is 0 Å². The molecule has 0 fully saturated rings. The van der Waals surface area contributed by atoms with Crippen LogP contribution in [0.3, 0.4) is 0 Å². The molecule has 0 amide bonds. The molecule has 0 bridgehead atoms. The Morgan fingerprint density at radius 2 is 1.15 bits per heavy atom. The van der Waals surface area contributed by atoms with Gasteiger partial charge in [0, 0.05) is 11.3 Å². The highest BCUT2D eigenvalue weighted by Crippen LogP contribution is 2.33. The third-order valence-corrected chi connectivity index (χ3v) is 5.55. The number of nitrogens with one attached hydrogen (secondary N) is 1. The molecule has 1 heterocycles. The minimum absolute atomic E-state index is 0.911. The molecular formula is C22H38N4. The maximum atomic E-state index is 6.63. The standard InChI is InChI=1S/C22H38N4/c1-4-7-9-11-13-15-18-19(16-14-12-10-8-5-2)22-21(24-26-25-22)17(6-3)20(18)23/h4-16,23H2,1-3H3,(H,24,25,26). The lowest BCUT2D eigenvalue weighted by atomic mass is 9.90. The van der Waals surface area contributed by atoms with E-state index in [2.05, 4.69) is 36.2 Å². The Morgan fingerprint density at radius 1 is 0.654 bits per heavy atom. The fourth-order valence-corrected chi connectivity index (χ4v) is 3.99. The molecule has 1 aromatic carbocycles. The monoisotopic (exact) mass is 358 g/mol. The SMILES string of the molecule is CCCCCCCc1c(N)c(CC)c2n[nH]nc2c1CCCCCCC. The van der Waals surface area contributed by atoms with Gasteiger partial charge in [0.2, 0.25) is 0 Å². The highest BCUT2D eigenvalue weighted by atomic mass is 15.3. The number of benzene rings is 1. The molecule has 0 saturated heterocycles. The third kappa shape index (κ3) is 5.21. The van der Waals surface area contributed by atoms with Gasteiger partial charge in [-0.2, -0.15) is 15.4 Å². The van der Waals surface area contributed by atoms with E-state index in [9.17, 15) is 0 Å².